The number of carbonyl (C=O) groups is 1. The van der Waals surface area contributed by atoms with Gasteiger partial charge in [0.1, 0.15) is 0 Å². The van der Waals surface area contributed by atoms with Gasteiger partial charge in [-0.2, -0.15) is 0 Å². The highest BCUT2D eigenvalue weighted by Gasteiger charge is 2.03. The van der Waals surface area contributed by atoms with Crippen molar-refractivity contribution in [3.63, 3.8) is 0 Å². The van der Waals surface area contributed by atoms with Gasteiger partial charge >= 0.3 is 0 Å². The lowest BCUT2D eigenvalue weighted by Gasteiger charge is -2.01. The Balaban J connectivity index is 2.16. The molecule has 0 atom stereocenters. The Labute approximate surface area is 122 Å². The molecule has 0 saturated heterocycles. The van der Waals surface area contributed by atoms with E-state index in [0.717, 1.165) is 21.2 Å². The molecule has 19 heavy (non-hydrogen) atoms. The van der Waals surface area contributed by atoms with E-state index in [4.69, 9.17) is 0 Å². The van der Waals surface area contributed by atoms with E-state index in [1.165, 1.54) is 5.56 Å². The van der Waals surface area contributed by atoms with Crippen LogP contribution in [0.1, 0.15) is 27.0 Å². The molecule has 0 heterocycles. The van der Waals surface area contributed by atoms with Gasteiger partial charge in [-0.15, -0.1) is 0 Å². The summed E-state index contributed by atoms with van der Waals surface area (Å²) < 4.78 is 1.03. The standard InChI is InChI=1S/C17H15BrO/c1-12-3-7-15(11-13(12)2)17(19)10-6-14-4-8-16(18)9-5-14/h3-11H,1-2H3. The fourth-order valence-corrected chi connectivity index (χ4v) is 2.00. The fourth-order valence-electron chi connectivity index (χ4n) is 1.74. The zero-order valence-electron chi connectivity index (χ0n) is 11.0. The van der Waals surface area contributed by atoms with Gasteiger partial charge in [-0.25, -0.2) is 0 Å². The Morgan fingerprint density at radius 3 is 2.32 bits per heavy atom. The summed E-state index contributed by atoms with van der Waals surface area (Å²) in [5.41, 5.74) is 4.09. The molecular weight excluding hydrogens is 300 g/mol. The molecule has 2 heteroatoms. The summed E-state index contributed by atoms with van der Waals surface area (Å²) in [6.45, 7) is 4.06. The first-order chi connectivity index (χ1) is 9.06. The third-order valence-electron chi connectivity index (χ3n) is 3.09. The second-order valence-electron chi connectivity index (χ2n) is 4.55. The topological polar surface area (TPSA) is 17.1 Å². The van der Waals surface area contributed by atoms with Crippen molar-refractivity contribution in [1.82, 2.24) is 0 Å². The molecule has 0 saturated carbocycles. The van der Waals surface area contributed by atoms with Crippen molar-refractivity contribution in [3.05, 3.63) is 75.3 Å². The third-order valence-corrected chi connectivity index (χ3v) is 3.62. The summed E-state index contributed by atoms with van der Waals surface area (Å²) in [4.78, 5) is 12.1. The van der Waals surface area contributed by atoms with Crippen LogP contribution in [-0.4, -0.2) is 5.78 Å². The quantitative estimate of drug-likeness (QED) is 0.578. The molecule has 0 fully saturated rings. The minimum Gasteiger partial charge on any atom is -0.289 e. The Kier molecular flexibility index (Phi) is 4.33. The van der Waals surface area contributed by atoms with Gasteiger partial charge in [0.25, 0.3) is 0 Å². The van der Waals surface area contributed by atoms with Crippen LogP contribution in [0, 0.1) is 13.8 Å². The van der Waals surface area contributed by atoms with Crippen molar-refractivity contribution in [1.29, 1.82) is 0 Å². The van der Waals surface area contributed by atoms with Crippen LogP contribution in [0.2, 0.25) is 0 Å². The van der Waals surface area contributed by atoms with Crippen LogP contribution in [0.5, 0.6) is 0 Å². The zero-order valence-corrected chi connectivity index (χ0v) is 12.6. The molecule has 1 nitrogen and oxygen atoms in total. The van der Waals surface area contributed by atoms with Crippen molar-refractivity contribution in [3.8, 4) is 0 Å². The van der Waals surface area contributed by atoms with E-state index >= 15 is 0 Å². The number of hydrogen-bond donors (Lipinski definition) is 0. The molecule has 0 spiro atoms. The van der Waals surface area contributed by atoms with E-state index in [2.05, 4.69) is 15.9 Å². The van der Waals surface area contributed by atoms with Crippen LogP contribution in [0.4, 0.5) is 0 Å². The van der Waals surface area contributed by atoms with E-state index < -0.39 is 0 Å². The first-order valence-corrected chi connectivity index (χ1v) is 6.91. The van der Waals surface area contributed by atoms with E-state index in [1.807, 2.05) is 62.4 Å². The van der Waals surface area contributed by atoms with Gasteiger partial charge < -0.3 is 0 Å². The van der Waals surface area contributed by atoms with Crippen LogP contribution in [0.25, 0.3) is 6.08 Å². The number of halogens is 1. The number of carbonyl (C=O) groups excluding carboxylic acids is 1. The first-order valence-electron chi connectivity index (χ1n) is 6.11. The van der Waals surface area contributed by atoms with E-state index in [-0.39, 0.29) is 5.78 Å². The van der Waals surface area contributed by atoms with Crippen molar-refractivity contribution in [2.45, 2.75) is 13.8 Å². The highest BCUT2D eigenvalue weighted by atomic mass is 79.9. The number of benzene rings is 2. The summed E-state index contributed by atoms with van der Waals surface area (Å²) in [5.74, 6) is 0.0334. The van der Waals surface area contributed by atoms with Crippen LogP contribution in [0.15, 0.2) is 53.0 Å². The number of allylic oxidation sites excluding steroid dienone is 1. The highest BCUT2D eigenvalue weighted by Crippen LogP contribution is 2.13. The SMILES string of the molecule is Cc1ccc(C(=O)C=Cc2ccc(Br)cc2)cc1C. The van der Waals surface area contributed by atoms with Crippen molar-refractivity contribution in [2.24, 2.45) is 0 Å². The first kappa shape index (κ1) is 13.8. The lowest BCUT2D eigenvalue weighted by molar-refractivity contribution is 0.104. The van der Waals surface area contributed by atoms with Crippen LogP contribution < -0.4 is 0 Å². The number of aryl methyl sites for hydroxylation is 2. The third kappa shape index (κ3) is 3.65. The molecule has 0 aromatic heterocycles. The molecule has 0 amide bonds. The van der Waals surface area contributed by atoms with Crippen molar-refractivity contribution >= 4 is 27.8 Å². The Morgan fingerprint density at radius 2 is 1.68 bits per heavy atom. The van der Waals surface area contributed by atoms with Gasteiger partial charge in [0.15, 0.2) is 5.78 Å². The second-order valence-corrected chi connectivity index (χ2v) is 5.46. The monoisotopic (exact) mass is 314 g/mol. The molecule has 0 bridgehead atoms. The maximum absolute atomic E-state index is 12.1. The lowest BCUT2D eigenvalue weighted by Crippen LogP contribution is -1.95. The van der Waals surface area contributed by atoms with Gasteiger partial charge in [-0.05, 0) is 54.8 Å². The van der Waals surface area contributed by atoms with Gasteiger partial charge in [0, 0.05) is 10.0 Å². The normalized spacial score (nSPS) is 10.9. The minimum absolute atomic E-state index is 0.0334. The summed E-state index contributed by atoms with van der Waals surface area (Å²) in [6, 6.07) is 13.6. The Morgan fingerprint density at radius 1 is 1.00 bits per heavy atom. The molecule has 2 rings (SSSR count). The fraction of sp³-hybridized carbons (Fsp3) is 0.118. The highest BCUT2D eigenvalue weighted by molar-refractivity contribution is 9.10. The predicted octanol–water partition coefficient (Wildman–Crippen LogP) is 4.96. The summed E-state index contributed by atoms with van der Waals surface area (Å²) in [6.07, 6.45) is 3.46. The van der Waals surface area contributed by atoms with Crippen LogP contribution in [-0.2, 0) is 0 Å². The zero-order chi connectivity index (χ0) is 13.8. The Hall–Kier alpha value is -1.67. The minimum atomic E-state index is 0.0334. The second kappa shape index (κ2) is 5.98. The molecule has 0 unspecified atom stereocenters. The molecule has 2 aromatic rings. The Bertz CT molecular complexity index is 624. The molecule has 0 aliphatic heterocycles. The van der Waals surface area contributed by atoms with E-state index in [9.17, 15) is 4.79 Å². The smallest absolute Gasteiger partial charge is 0.185 e. The van der Waals surface area contributed by atoms with Gasteiger partial charge in [-0.3, -0.25) is 4.79 Å². The van der Waals surface area contributed by atoms with Gasteiger partial charge in [-0.1, -0.05) is 46.3 Å². The van der Waals surface area contributed by atoms with Gasteiger partial charge in [0.05, 0.1) is 0 Å². The lowest BCUT2D eigenvalue weighted by atomic mass is 10.0. The average Bonchev–Trinajstić information content (AvgIpc) is 2.41. The summed E-state index contributed by atoms with van der Waals surface area (Å²) in [7, 11) is 0. The largest absolute Gasteiger partial charge is 0.289 e. The average molecular weight is 315 g/mol. The molecule has 0 N–H and O–H groups in total. The number of hydrogen-bond acceptors (Lipinski definition) is 1. The molecule has 0 aliphatic rings. The molecule has 96 valence electrons. The van der Waals surface area contributed by atoms with E-state index in [1.54, 1.807) is 6.08 Å². The molecule has 0 radical (unpaired) electrons. The molecule has 0 aliphatic carbocycles. The van der Waals surface area contributed by atoms with Crippen molar-refractivity contribution < 1.29 is 4.79 Å². The maximum atomic E-state index is 12.1. The van der Waals surface area contributed by atoms with Crippen LogP contribution >= 0.6 is 15.9 Å². The summed E-state index contributed by atoms with van der Waals surface area (Å²) in [5, 5.41) is 0. The van der Waals surface area contributed by atoms with Gasteiger partial charge in [0.2, 0.25) is 0 Å². The van der Waals surface area contributed by atoms with E-state index in [0.29, 0.717) is 0 Å². The number of rotatable bonds is 3. The molecular formula is C17H15BrO. The number of ketones is 1. The van der Waals surface area contributed by atoms with Crippen molar-refractivity contribution in [2.75, 3.05) is 0 Å². The summed E-state index contributed by atoms with van der Waals surface area (Å²) >= 11 is 3.39. The predicted molar refractivity (Wildman–Crippen MR) is 83.4 cm³/mol. The van der Waals surface area contributed by atoms with Crippen LogP contribution in [0.3, 0.4) is 0 Å². The maximum Gasteiger partial charge on any atom is 0.185 e. The molecule has 2 aromatic carbocycles.